The van der Waals surface area contributed by atoms with E-state index in [4.69, 9.17) is 0 Å². The molecule has 1 aliphatic rings. The van der Waals surface area contributed by atoms with Gasteiger partial charge in [-0.1, -0.05) is 19.9 Å². The van der Waals surface area contributed by atoms with Crippen LogP contribution in [-0.4, -0.2) is 18.1 Å². The number of halogens is 1. The van der Waals surface area contributed by atoms with Gasteiger partial charge in [0.15, 0.2) is 0 Å². The summed E-state index contributed by atoms with van der Waals surface area (Å²) in [5.74, 6) is 2.01. The van der Waals surface area contributed by atoms with E-state index in [1.165, 1.54) is 25.3 Å². The van der Waals surface area contributed by atoms with Gasteiger partial charge in [-0.05, 0) is 43.2 Å². The Labute approximate surface area is 103 Å². The summed E-state index contributed by atoms with van der Waals surface area (Å²) in [6.07, 6.45) is 3.72. The lowest BCUT2D eigenvalue weighted by Crippen LogP contribution is -2.34. The quantitative estimate of drug-likeness (QED) is 0.747. The van der Waals surface area contributed by atoms with Crippen LogP contribution in [0.2, 0.25) is 0 Å². The molecule has 2 heterocycles. The first-order valence-corrected chi connectivity index (χ1v) is 6.52. The molecule has 0 aromatic carbocycles. The second-order valence-electron chi connectivity index (χ2n) is 5.38. The molecule has 0 atom stereocenters. The Balaban J connectivity index is 1.91. The van der Waals surface area contributed by atoms with Gasteiger partial charge in [0.2, 0.25) is 5.95 Å². The summed E-state index contributed by atoms with van der Waals surface area (Å²) in [6.45, 7) is 6.57. The van der Waals surface area contributed by atoms with Crippen molar-refractivity contribution in [1.82, 2.24) is 4.98 Å². The summed E-state index contributed by atoms with van der Waals surface area (Å²) in [5.41, 5.74) is 0. The van der Waals surface area contributed by atoms with Crippen molar-refractivity contribution in [2.45, 2.75) is 33.1 Å². The summed E-state index contributed by atoms with van der Waals surface area (Å²) >= 11 is 0. The van der Waals surface area contributed by atoms with Crippen LogP contribution >= 0.6 is 0 Å². The maximum absolute atomic E-state index is 13.0. The van der Waals surface area contributed by atoms with E-state index in [1.54, 1.807) is 6.07 Å². The van der Waals surface area contributed by atoms with Gasteiger partial charge in [-0.2, -0.15) is 4.39 Å². The lowest BCUT2D eigenvalue weighted by Gasteiger charge is -2.33. The molecule has 94 valence electrons. The number of hydrogen-bond donors (Lipinski definition) is 0. The van der Waals surface area contributed by atoms with Crippen molar-refractivity contribution < 1.29 is 4.39 Å². The molecule has 0 N–H and O–H groups in total. The van der Waals surface area contributed by atoms with Gasteiger partial charge in [-0.3, -0.25) is 0 Å². The van der Waals surface area contributed by atoms with E-state index in [2.05, 4.69) is 23.7 Å². The molecule has 0 amide bonds. The molecule has 1 saturated heterocycles. The van der Waals surface area contributed by atoms with Gasteiger partial charge in [0.05, 0.1) is 0 Å². The predicted molar refractivity (Wildman–Crippen MR) is 68.6 cm³/mol. The molecule has 0 radical (unpaired) electrons. The Kier molecular flexibility index (Phi) is 3.97. The predicted octanol–water partition coefficient (Wildman–Crippen LogP) is 3.48. The van der Waals surface area contributed by atoms with Crippen LogP contribution in [0.15, 0.2) is 18.2 Å². The van der Waals surface area contributed by atoms with Crippen LogP contribution in [0.25, 0.3) is 0 Å². The minimum absolute atomic E-state index is 0.383. The molecular weight excluding hydrogens is 215 g/mol. The fourth-order valence-corrected chi connectivity index (χ4v) is 2.64. The van der Waals surface area contributed by atoms with E-state index in [0.29, 0.717) is 0 Å². The molecule has 1 aliphatic heterocycles. The van der Waals surface area contributed by atoms with Crippen molar-refractivity contribution in [3.05, 3.63) is 24.1 Å². The van der Waals surface area contributed by atoms with Crippen molar-refractivity contribution in [3.63, 3.8) is 0 Å². The highest BCUT2D eigenvalue weighted by molar-refractivity contribution is 5.38. The third-order valence-electron chi connectivity index (χ3n) is 3.44. The second kappa shape index (κ2) is 5.48. The lowest BCUT2D eigenvalue weighted by molar-refractivity contribution is 0.337. The Morgan fingerprint density at radius 1 is 1.35 bits per heavy atom. The summed E-state index contributed by atoms with van der Waals surface area (Å²) in [5, 5.41) is 0. The minimum atomic E-state index is -0.383. The Morgan fingerprint density at radius 2 is 2.06 bits per heavy atom. The van der Waals surface area contributed by atoms with Gasteiger partial charge < -0.3 is 4.90 Å². The highest BCUT2D eigenvalue weighted by Crippen LogP contribution is 2.26. The van der Waals surface area contributed by atoms with Gasteiger partial charge in [0.1, 0.15) is 5.82 Å². The number of hydrogen-bond acceptors (Lipinski definition) is 2. The van der Waals surface area contributed by atoms with Crippen molar-refractivity contribution >= 4 is 5.82 Å². The smallest absolute Gasteiger partial charge is 0.214 e. The number of pyridine rings is 1. The molecule has 1 aromatic rings. The number of piperidine rings is 1. The van der Waals surface area contributed by atoms with E-state index in [9.17, 15) is 4.39 Å². The SMILES string of the molecule is CC(C)CC1CCN(c2cccc(F)n2)CC1. The van der Waals surface area contributed by atoms with Crippen molar-refractivity contribution in [3.8, 4) is 0 Å². The first-order chi connectivity index (χ1) is 8.15. The largest absolute Gasteiger partial charge is 0.357 e. The lowest BCUT2D eigenvalue weighted by atomic mass is 9.89. The molecule has 17 heavy (non-hydrogen) atoms. The molecule has 2 nitrogen and oxygen atoms in total. The number of nitrogens with zero attached hydrogens (tertiary/aromatic N) is 2. The van der Waals surface area contributed by atoms with Crippen LogP contribution in [0.5, 0.6) is 0 Å². The second-order valence-corrected chi connectivity index (χ2v) is 5.38. The summed E-state index contributed by atoms with van der Waals surface area (Å²) in [6, 6.07) is 5.03. The molecule has 0 unspecified atom stereocenters. The van der Waals surface area contributed by atoms with Crippen LogP contribution in [0, 0.1) is 17.8 Å². The Morgan fingerprint density at radius 3 is 2.65 bits per heavy atom. The molecule has 1 aromatic heterocycles. The van der Waals surface area contributed by atoms with Crippen molar-refractivity contribution in [2.24, 2.45) is 11.8 Å². The van der Waals surface area contributed by atoms with E-state index in [-0.39, 0.29) is 5.95 Å². The van der Waals surface area contributed by atoms with E-state index in [0.717, 1.165) is 30.7 Å². The highest BCUT2D eigenvalue weighted by atomic mass is 19.1. The molecule has 0 aliphatic carbocycles. The Bertz CT molecular complexity index is 357. The first-order valence-electron chi connectivity index (χ1n) is 6.52. The zero-order chi connectivity index (χ0) is 12.3. The third kappa shape index (κ3) is 3.42. The average molecular weight is 236 g/mol. The highest BCUT2D eigenvalue weighted by Gasteiger charge is 2.20. The fraction of sp³-hybridized carbons (Fsp3) is 0.643. The third-order valence-corrected chi connectivity index (χ3v) is 3.44. The number of rotatable bonds is 3. The fourth-order valence-electron chi connectivity index (χ4n) is 2.64. The number of anilines is 1. The molecule has 3 heteroatoms. The van der Waals surface area contributed by atoms with Crippen LogP contribution in [0.3, 0.4) is 0 Å². The van der Waals surface area contributed by atoms with Gasteiger partial charge in [0, 0.05) is 13.1 Å². The van der Waals surface area contributed by atoms with Gasteiger partial charge in [0.25, 0.3) is 0 Å². The molecule has 0 bridgehead atoms. The maximum Gasteiger partial charge on any atom is 0.214 e. The van der Waals surface area contributed by atoms with E-state index in [1.807, 2.05) is 6.07 Å². The molecule has 0 spiro atoms. The van der Waals surface area contributed by atoms with Crippen molar-refractivity contribution in [2.75, 3.05) is 18.0 Å². The molecule has 2 rings (SSSR count). The van der Waals surface area contributed by atoms with Crippen LogP contribution in [0.4, 0.5) is 10.2 Å². The normalized spacial score (nSPS) is 17.8. The van der Waals surface area contributed by atoms with Crippen LogP contribution in [0.1, 0.15) is 33.1 Å². The van der Waals surface area contributed by atoms with E-state index >= 15 is 0 Å². The van der Waals surface area contributed by atoms with Gasteiger partial charge in [-0.25, -0.2) is 4.98 Å². The molecule has 1 fully saturated rings. The van der Waals surface area contributed by atoms with Gasteiger partial charge >= 0.3 is 0 Å². The molecular formula is C14H21FN2. The van der Waals surface area contributed by atoms with Gasteiger partial charge in [-0.15, -0.1) is 0 Å². The minimum Gasteiger partial charge on any atom is -0.357 e. The van der Waals surface area contributed by atoms with E-state index < -0.39 is 0 Å². The zero-order valence-electron chi connectivity index (χ0n) is 10.7. The monoisotopic (exact) mass is 236 g/mol. The maximum atomic E-state index is 13.0. The Hall–Kier alpha value is -1.12. The standard InChI is InChI=1S/C14H21FN2/c1-11(2)10-12-6-8-17(9-7-12)14-5-3-4-13(15)16-14/h3-5,11-12H,6-10H2,1-2H3. The van der Waals surface area contributed by atoms with Crippen molar-refractivity contribution in [1.29, 1.82) is 0 Å². The topological polar surface area (TPSA) is 16.1 Å². The average Bonchev–Trinajstić information content (AvgIpc) is 2.29. The first kappa shape index (κ1) is 12.3. The summed E-state index contributed by atoms with van der Waals surface area (Å²) in [7, 11) is 0. The van der Waals surface area contributed by atoms with Crippen LogP contribution in [-0.2, 0) is 0 Å². The summed E-state index contributed by atoms with van der Waals surface area (Å²) in [4.78, 5) is 6.14. The number of aromatic nitrogens is 1. The molecule has 0 saturated carbocycles. The summed E-state index contributed by atoms with van der Waals surface area (Å²) < 4.78 is 13.0. The van der Waals surface area contributed by atoms with Crippen LogP contribution < -0.4 is 4.90 Å². The zero-order valence-corrected chi connectivity index (χ0v) is 10.7.